The van der Waals surface area contributed by atoms with Crippen molar-refractivity contribution in [1.82, 2.24) is 0 Å². The van der Waals surface area contributed by atoms with Crippen LogP contribution in [-0.4, -0.2) is 5.51 Å². The third kappa shape index (κ3) is 3.78. The standard InChI is InChI=1S/C11H13F3S/c1-3-8(2)9-6-4-5-7-10(9)15-11(12,13)14/h4-8H,3H2,1-2H3. The maximum Gasteiger partial charge on any atom is 0.446 e. The number of rotatable bonds is 3. The third-order valence-corrected chi connectivity index (χ3v) is 3.11. The van der Waals surface area contributed by atoms with Gasteiger partial charge in [-0.1, -0.05) is 32.0 Å². The van der Waals surface area contributed by atoms with Crippen LogP contribution in [0.4, 0.5) is 13.2 Å². The first kappa shape index (κ1) is 12.4. The summed E-state index contributed by atoms with van der Waals surface area (Å²) < 4.78 is 36.8. The number of hydrogen-bond donors (Lipinski definition) is 0. The van der Waals surface area contributed by atoms with Gasteiger partial charge in [-0.05, 0) is 35.7 Å². The predicted molar refractivity (Wildman–Crippen MR) is 57.1 cm³/mol. The molecule has 0 saturated heterocycles. The van der Waals surface area contributed by atoms with E-state index in [-0.39, 0.29) is 17.7 Å². The minimum Gasteiger partial charge on any atom is -0.160 e. The van der Waals surface area contributed by atoms with Crippen LogP contribution in [0, 0.1) is 0 Å². The van der Waals surface area contributed by atoms with Crippen LogP contribution >= 0.6 is 11.8 Å². The molecule has 0 nitrogen and oxygen atoms in total. The lowest BCUT2D eigenvalue weighted by Gasteiger charge is -2.15. The molecule has 0 N–H and O–H groups in total. The Kier molecular flexibility index (Phi) is 4.08. The van der Waals surface area contributed by atoms with Crippen LogP contribution in [0.5, 0.6) is 0 Å². The molecule has 0 aliphatic heterocycles. The van der Waals surface area contributed by atoms with E-state index < -0.39 is 5.51 Å². The fourth-order valence-corrected chi connectivity index (χ4v) is 2.11. The van der Waals surface area contributed by atoms with Crippen molar-refractivity contribution in [2.45, 2.75) is 36.6 Å². The minimum atomic E-state index is -4.20. The quantitative estimate of drug-likeness (QED) is 0.676. The molecule has 0 saturated carbocycles. The first-order chi connectivity index (χ1) is 6.94. The average Bonchev–Trinajstić information content (AvgIpc) is 2.15. The van der Waals surface area contributed by atoms with Crippen molar-refractivity contribution in [1.29, 1.82) is 0 Å². The summed E-state index contributed by atoms with van der Waals surface area (Å²) in [6.45, 7) is 3.91. The monoisotopic (exact) mass is 234 g/mol. The highest BCUT2D eigenvalue weighted by Crippen LogP contribution is 2.40. The van der Waals surface area contributed by atoms with Gasteiger partial charge in [-0.15, -0.1) is 0 Å². The van der Waals surface area contributed by atoms with Crippen molar-refractivity contribution in [2.24, 2.45) is 0 Å². The third-order valence-electron chi connectivity index (χ3n) is 2.29. The highest BCUT2D eigenvalue weighted by Gasteiger charge is 2.30. The maximum absolute atomic E-state index is 12.3. The number of alkyl halides is 3. The Balaban J connectivity index is 2.96. The molecule has 1 unspecified atom stereocenters. The molecule has 15 heavy (non-hydrogen) atoms. The number of halogens is 3. The molecule has 0 radical (unpaired) electrons. The van der Waals surface area contributed by atoms with Crippen LogP contribution in [0.3, 0.4) is 0 Å². The Morgan fingerprint density at radius 1 is 1.27 bits per heavy atom. The molecular formula is C11H13F3S. The summed E-state index contributed by atoms with van der Waals surface area (Å²) in [6.07, 6.45) is 0.843. The highest BCUT2D eigenvalue weighted by molar-refractivity contribution is 8.00. The molecule has 1 aromatic rings. The fraction of sp³-hybridized carbons (Fsp3) is 0.455. The van der Waals surface area contributed by atoms with E-state index in [0.717, 1.165) is 12.0 Å². The smallest absolute Gasteiger partial charge is 0.160 e. The molecule has 1 aromatic carbocycles. The Hall–Kier alpha value is -0.640. The van der Waals surface area contributed by atoms with Gasteiger partial charge in [0.05, 0.1) is 0 Å². The molecule has 0 aliphatic rings. The van der Waals surface area contributed by atoms with Crippen molar-refractivity contribution < 1.29 is 13.2 Å². The van der Waals surface area contributed by atoms with E-state index in [1.165, 1.54) is 6.07 Å². The Labute approximate surface area is 91.9 Å². The molecule has 1 rings (SSSR count). The fourth-order valence-electron chi connectivity index (χ4n) is 1.33. The number of thioether (sulfide) groups is 1. The zero-order valence-electron chi connectivity index (χ0n) is 8.64. The Morgan fingerprint density at radius 3 is 2.40 bits per heavy atom. The van der Waals surface area contributed by atoms with E-state index in [2.05, 4.69) is 0 Å². The van der Waals surface area contributed by atoms with E-state index >= 15 is 0 Å². The molecule has 0 bridgehead atoms. The van der Waals surface area contributed by atoms with Gasteiger partial charge in [0.15, 0.2) is 0 Å². The van der Waals surface area contributed by atoms with E-state index in [9.17, 15) is 13.2 Å². The van der Waals surface area contributed by atoms with Crippen LogP contribution in [0.25, 0.3) is 0 Å². The lowest BCUT2D eigenvalue weighted by molar-refractivity contribution is -0.0328. The SMILES string of the molecule is CCC(C)c1ccccc1SC(F)(F)F. The lowest BCUT2D eigenvalue weighted by atomic mass is 9.99. The van der Waals surface area contributed by atoms with E-state index in [4.69, 9.17) is 0 Å². The molecule has 84 valence electrons. The van der Waals surface area contributed by atoms with Gasteiger partial charge in [-0.3, -0.25) is 0 Å². The summed E-state index contributed by atoms with van der Waals surface area (Å²) in [5, 5.41) is 0. The molecule has 0 spiro atoms. The molecule has 0 fully saturated rings. The Bertz CT molecular complexity index is 320. The zero-order valence-corrected chi connectivity index (χ0v) is 9.45. The summed E-state index contributed by atoms with van der Waals surface area (Å²) in [4.78, 5) is 0.319. The molecule has 0 heterocycles. The summed E-state index contributed by atoms with van der Waals surface area (Å²) in [6, 6.07) is 6.71. The van der Waals surface area contributed by atoms with Crippen LogP contribution in [0.15, 0.2) is 29.2 Å². The van der Waals surface area contributed by atoms with Gasteiger partial charge in [0.25, 0.3) is 0 Å². The number of hydrogen-bond acceptors (Lipinski definition) is 1. The van der Waals surface area contributed by atoms with Gasteiger partial charge in [0, 0.05) is 4.90 Å². The summed E-state index contributed by atoms with van der Waals surface area (Å²) in [5.41, 5.74) is -3.42. The highest BCUT2D eigenvalue weighted by atomic mass is 32.2. The van der Waals surface area contributed by atoms with Crippen molar-refractivity contribution in [3.8, 4) is 0 Å². The van der Waals surface area contributed by atoms with Crippen molar-refractivity contribution in [3.63, 3.8) is 0 Å². The summed E-state index contributed by atoms with van der Waals surface area (Å²) in [5.74, 6) is 0.163. The molecule has 0 aliphatic carbocycles. The second-order valence-electron chi connectivity index (χ2n) is 3.39. The van der Waals surface area contributed by atoms with Crippen molar-refractivity contribution in [3.05, 3.63) is 29.8 Å². The topological polar surface area (TPSA) is 0 Å². The van der Waals surface area contributed by atoms with Crippen LogP contribution in [-0.2, 0) is 0 Å². The zero-order chi connectivity index (χ0) is 11.5. The molecule has 4 heteroatoms. The van der Waals surface area contributed by atoms with E-state index in [0.29, 0.717) is 4.90 Å². The second kappa shape index (κ2) is 4.92. The molecule has 1 atom stereocenters. The van der Waals surface area contributed by atoms with Crippen LogP contribution in [0.2, 0.25) is 0 Å². The van der Waals surface area contributed by atoms with Gasteiger partial charge in [-0.25, -0.2) is 0 Å². The van der Waals surface area contributed by atoms with Crippen LogP contribution in [0.1, 0.15) is 31.7 Å². The summed E-state index contributed by atoms with van der Waals surface area (Å²) in [7, 11) is 0. The van der Waals surface area contributed by atoms with Crippen molar-refractivity contribution in [2.75, 3.05) is 0 Å². The van der Waals surface area contributed by atoms with E-state index in [1.807, 2.05) is 13.8 Å². The first-order valence-corrected chi connectivity index (χ1v) is 5.60. The second-order valence-corrected chi connectivity index (χ2v) is 4.50. The predicted octanol–water partition coefficient (Wildman–Crippen LogP) is 4.81. The number of benzene rings is 1. The van der Waals surface area contributed by atoms with Gasteiger partial charge in [-0.2, -0.15) is 13.2 Å². The lowest BCUT2D eigenvalue weighted by Crippen LogP contribution is -2.02. The largest absolute Gasteiger partial charge is 0.446 e. The summed E-state index contributed by atoms with van der Waals surface area (Å²) >= 11 is -0.0289. The van der Waals surface area contributed by atoms with Gasteiger partial charge in [0.1, 0.15) is 0 Å². The minimum absolute atomic E-state index is 0.0289. The van der Waals surface area contributed by atoms with E-state index in [1.54, 1.807) is 18.2 Å². The maximum atomic E-state index is 12.3. The van der Waals surface area contributed by atoms with Crippen LogP contribution < -0.4 is 0 Å². The van der Waals surface area contributed by atoms with Gasteiger partial charge in [0.2, 0.25) is 0 Å². The van der Waals surface area contributed by atoms with Gasteiger partial charge >= 0.3 is 5.51 Å². The Morgan fingerprint density at radius 2 is 1.87 bits per heavy atom. The first-order valence-electron chi connectivity index (χ1n) is 4.78. The average molecular weight is 234 g/mol. The molecular weight excluding hydrogens is 221 g/mol. The van der Waals surface area contributed by atoms with Crippen molar-refractivity contribution >= 4 is 11.8 Å². The van der Waals surface area contributed by atoms with Gasteiger partial charge < -0.3 is 0 Å². The normalized spacial score (nSPS) is 13.9. The molecule has 0 aromatic heterocycles. The molecule has 0 amide bonds.